The minimum atomic E-state index is -4.36. The highest BCUT2D eigenvalue weighted by Gasteiger charge is 2.37. The normalized spacial score (nSPS) is 12.8. The molecule has 8 nitrogen and oxygen atoms in total. The van der Waals surface area contributed by atoms with Crippen LogP contribution in [0.5, 0.6) is 0 Å². The molecule has 4 rings (SSSR count). The summed E-state index contributed by atoms with van der Waals surface area (Å²) in [5.74, 6) is -2.83. The minimum absolute atomic E-state index is 0. The van der Waals surface area contributed by atoms with Crippen molar-refractivity contribution in [3.63, 3.8) is 0 Å². The maximum absolute atomic E-state index is 13.1. The Morgan fingerprint density at radius 3 is 1.00 bits per heavy atom. The lowest BCUT2D eigenvalue weighted by atomic mass is 9.92. The van der Waals surface area contributed by atoms with Crippen molar-refractivity contribution in [2.75, 3.05) is 0 Å². The number of rotatable bonds is 2. The lowest BCUT2D eigenvalue weighted by Crippen LogP contribution is -2.17. The van der Waals surface area contributed by atoms with Gasteiger partial charge in [-0.15, -0.1) is 0 Å². The van der Waals surface area contributed by atoms with Crippen LogP contribution in [-0.2, 0) is 67.6 Å². The number of alkyl halides is 8. The van der Waals surface area contributed by atoms with Crippen LogP contribution in [0, 0.1) is 6.92 Å². The Morgan fingerprint density at radius 1 is 0.455 bits per heavy atom. The fourth-order valence-corrected chi connectivity index (χ4v) is 5.26. The molecule has 0 saturated carbocycles. The summed E-state index contributed by atoms with van der Waals surface area (Å²) in [5, 5.41) is 15.4. The van der Waals surface area contributed by atoms with Crippen molar-refractivity contribution in [2.45, 2.75) is 158 Å². The minimum Gasteiger partial charge on any atom is -0.272 e. The van der Waals surface area contributed by atoms with Gasteiger partial charge in [0.15, 0.2) is 11.4 Å². The van der Waals surface area contributed by atoms with E-state index in [0.717, 1.165) is 24.8 Å². The van der Waals surface area contributed by atoms with E-state index in [1.54, 1.807) is 14.0 Å². The highest BCUT2D eigenvalue weighted by atomic mass is 19.4. The van der Waals surface area contributed by atoms with Gasteiger partial charge in [-0.1, -0.05) is 90.5 Å². The molecule has 4 aromatic heterocycles. The van der Waals surface area contributed by atoms with Crippen molar-refractivity contribution in [2.24, 2.45) is 21.1 Å². The van der Waals surface area contributed by atoms with Crippen molar-refractivity contribution in [3.05, 3.63) is 69.8 Å². The standard InChI is InChI=1S/C10H15F3N2.C10H16F2N2.C9H13F3N2.C9H16N2.CH4/c1-5-15-8(9(2,3)4)6-7(14-15)10(11,12)13;1-9(2,3)7-6-8(10(4,11)12)14(5)13-7;1-8(2,3)7-5-6(9(10,11)12)13-14(7)4;1-7-6-8(9(2,3)4)11(5)10-7;/h6H,5H2,1-4H3;6H,1-5H3;5H,1-4H3;6H,1-5H3;1H4. The number of halogens is 8. The van der Waals surface area contributed by atoms with Crippen LogP contribution in [0.2, 0.25) is 0 Å². The Labute approximate surface area is 322 Å². The summed E-state index contributed by atoms with van der Waals surface area (Å²) in [6.45, 7) is 28.8. The Bertz CT molecular complexity index is 1720. The monoisotopic (exact) mass is 797 g/mol. The quantitative estimate of drug-likeness (QED) is 0.189. The Morgan fingerprint density at radius 2 is 0.782 bits per heavy atom. The zero-order chi connectivity index (χ0) is 42.8. The summed E-state index contributed by atoms with van der Waals surface area (Å²) in [6, 6.07) is 5.84. The van der Waals surface area contributed by atoms with Crippen molar-refractivity contribution in [3.8, 4) is 0 Å². The zero-order valence-corrected chi connectivity index (χ0v) is 35.1. The van der Waals surface area contributed by atoms with Crippen molar-refractivity contribution < 1.29 is 35.1 Å². The topological polar surface area (TPSA) is 71.3 Å². The molecular weight excluding hydrogens is 732 g/mol. The molecule has 0 saturated heterocycles. The van der Waals surface area contributed by atoms with Gasteiger partial charge in [-0.25, -0.2) is 0 Å². The summed E-state index contributed by atoms with van der Waals surface area (Å²) in [6.07, 6.45) is -8.72. The van der Waals surface area contributed by atoms with Crippen molar-refractivity contribution >= 4 is 0 Å². The van der Waals surface area contributed by atoms with Crippen LogP contribution in [0.1, 0.15) is 150 Å². The second kappa shape index (κ2) is 17.6. The van der Waals surface area contributed by atoms with Crippen LogP contribution < -0.4 is 0 Å². The lowest BCUT2D eigenvalue weighted by molar-refractivity contribution is -0.142. The average Bonchev–Trinajstić information content (AvgIpc) is 3.71. The summed E-state index contributed by atoms with van der Waals surface area (Å²) in [4.78, 5) is 0. The first-order valence-electron chi connectivity index (χ1n) is 17.5. The SMILES string of the molecule is C.CCn1nc(C(F)(F)F)cc1C(C)(C)C.Cc1cc(C(C)(C)C)n(C)n1.Cn1nc(C(C)(C)C)cc1C(C)(F)F.Cn1nc(C(F)(F)F)cc1C(C)(C)C. The first kappa shape index (κ1) is 51.3. The van der Waals surface area contributed by atoms with Gasteiger partial charge in [0.1, 0.15) is 5.69 Å². The van der Waals surface area contributed by atoms with Crippen LogP contribution in [0.15, 0.2) is 24.3 Å². The molecule has 0 radical (unpaired) electrons. The Hall–Kier alpha value is -3.72. The number of nitrogens with zero attached hydrogens (tertiary/aromatic N) is 8. The maximum Gasteiger partial charge on any atom is 0.435 e. The van der Waals surface area contributed by atoms with E-state index in [1.807, 2.05) is 81.0 Å². The van der Waals surface area contributed by atoms with Crippen LogP contribution in [-0.4, -0.2) is 39.1 Å². The number of aryl methyl sites for hydroxylation is 5. The highest BCUT2D eigenvalue weighted by Crippen LogP contribution is 2.34. The highest BCUT2D eigenvalue weighted by molar-refractivity contribution is 5.22. The van der Waals surface area contributed by atoms with Gasteiger partial charge >= 0.3 is 12.4 Å². The van der Waals surface area contributed by atoms with Crippen LogP contribution in [0.25, 0.3) is 0 Å². The van der Waals surface area contributed by atoms with Crippen molar-refractivity contribution in [1.82, 2.24) is 39.1 Å². The van der Waals surface area contributed by atoms with E-state index < -0.39 is 29.7 Å². The largest absolute Gasteiger partial charge is 0.435 e. The van der Waals surface area contributed by atoms with Gasteiger partial charge in [0.05, 0.1) is 11.4 Å². The molecule has 0 N–H and O–H groups in total. The van der Waals surface area contributed by atoms with E-state index in [4.69, 9.17) is 0 Å². The first-order chi connectivity index (χ1) is 23.8. The van der Waals surface area contributed by atoms with Crippen molar-refractivity contribution in [1.29, 1.82) is 0 Å². The number of aromatic nitrogens is 8. The third-order valence-electron chi connectivity index (χ3n) is 7.95. The smallest absolute Gasteiger partial charge is 0.272 e. The molecule has 0 aliphatic carbocycles. The van der Waals surface area contributed by atoms with Gasteiger partial charge in [-0.05, 0) is 38.1 Å². The van der Waals surface area contributed by atoms with Gasteiger partial charge in [0.2, 0.25) is 0 Å². The maximum atomic E-state index is 13.1. The van der Waals surface area contributed by atoms with Gasteiger partial charge < -0.3 is 0 Å². The Balaban J connectivity index is 0.000000706. The summed E-state index contributed by atoms with van der Waals surface area (Å²) in [5.41, 5.74) is 1.93. The van der Waals surface area contributed by atoms with Gasteiger partial charge in [0.25, 0.3) is 5.92 Å². The second-order valence-electron chi connectivity index (χ2n) is 17.5. The Kier molecular flexibility index (Phi) is 16.4. The molecule has 16 heteroatoms. The van der Waals surface area contributed by atoms with Gasteiger partial charge in [-0.3, -0.25) is 18.7 Å². The summed E-state index contributed by atoms with van der Waals surface area (Å²) < 4.78 is 106. The molecule has 0 unspecified atom stereocenters. The third-order valence-corrected chi connectivity index (χ3v) is 7.95. The second-order valence-corrected chi connectivity index (χ2v) is 17.5. The number of hydrogen-bond acceptors (Lipinski definition) is 4. The molecule has 0 amide bonds. The molecule has 0 aromatic carbocycles. The van der Waals surface area contributed by atoms with Gasteiger partial charge in [-0.2, -0.15) is 55.5 Å². The first-order valence-corrected chi connectivity index (χ1v) is 17.5. The van der Waals surface area contributed by atoms with E-state index in [9.17, 15) is 35.1 Å². The van der Waals surface area contributed by atoms with E-state index in [-0.39, 0.29) is 34.8 Å². The number of hydrogen-bond donors (Lipinski definition) is 0. The molecule has 0 atom stereocenters. The predicted molar refractivity (Wildman–Crippen MR) is 203 cm³/mol. The average molecular weight is 797 g/mol. The van der Waals surface area contributed by atoms with E-state index in [0.29, 0.717) is 23.6 Å². The van der Waals surface area contributed by atoms with E-state index in [1.165, 1.54) is 32.9 Å². The van der Waals surface area contributed by atoms with E-state index >= 15 is 0 Å². The lowest BCUT2D eigenvalue weighted by Gasteiger charge is -2.19. The molecule has 4 heterocycles. The molecule has 4 aromatic rings. The third kappa shape index (κ3) is 15.0. The molecule has 0 spiro atoms. The predicted octanol–water partition coefficient (Wildman–Crippen LogP) is 11.4. The summed E-state index contributed by atoms with van der Waals surface area (Å²) in [7, 11) is 5.06. The van der Waals surface area contributed by atoms with Crippen LogP contribution in [0.3, 0.4) is 0 Å². The fourth-order valence-electron chi connectivity index (χ4n) is 5.26. The van der Waals surface area contributed by atoms with Gasteiger partial charge in [0, 0.05) is 73.4 Å². The zero-order valence-electron chi connectivity index (χ0n) is 35.1. The summed E-state index contributed by atoms with van der Waals surface area (Å²) >= 11 is 0. The van der Waals surface area contributed by atoms with Crippen LogP contribution >= 0.6 is 0 Å². The van der Waals surface area contributed by atoms with Crippen LogP contribution in [0.4, 0.5) is 35.1 Å². The molecule has 0 aliphatic rings. The molecule has 55 heavy (non-hydrogen) atoms. The van der Waals surface area contributed by atoms with E-state index in [2.05, 4.69) is 47.2 Å². The fraction of sp³-hybridized carbons (Fsp3) is 0.692. The molecule has 0 fully saturated rings. The molecule has 316 valence electrons. The molecule has 0 aliphatic heterocycles. The molecular formula is C39H64F8N8. The molecule has 0 bridgehead atoms.